The molecule has 0 bridgehead atoms. The molecule has 8 heteroatoms. The van der Waals surface area contributed by atoms with Crippen LogP contribution in [0.1, 0.15) is 40.8 Å². The van der Waals surface area contributed by atoms with Gasteiger partial charge in [-0.25, -0.2) is 0 Å². The summed E-state index contributed by atoms with van der Waals surface area (Å²) >= 11 is 0. The topological polar surface area (TPSA) is 93.0 Å². The SMILES string of the molecule is COc1ccc(CC2c3cc(OC)c(OC)cc3CCCN2C(C(=O)NCC#N)c2ccccc2)cc1OC. The molecule has 204 valence electrons. The summed E-state index contributed by atoms with van der Waals surface area (Å²) in [6.07, 6.45) is 2.29. The zero-order valence-electron chi connectivity index (χ0n) is 22.9. The standard InChI is InChI=1S/C31H35N3O5/c1-36-26-13-12-21(18-27(26)37-2)17-25-24-20-29(39-4)28(38-3)19-23(24)11-8-16-34(25)30(31(35)33-15-14-32)22-9-6-5-7-10-22/h5-7,9-10,12-13,18-20,25,30H,8,11,15-17H2,1-4H3,(H,33,35). The average Bonchev–Trinajstić information content (AvgIpc) is 3.14. The van der Waals surface area contributed by atoms with Gasteiger partial charge in [0.15, 0.2) is 23.0 Å². The van der Waals surface area contributed by atoms with Crippen LogP contribution >= 0.6 is 0 Å². The van der Waals surface area contributed by atoms with Gasteiger partial charge in [-0.15, -0.1) is 0 Å². The highest BCUT2D eigenvalue weighted by molar-refractivity contribution is 5.83. The van der Waals surface area contributed by atoms with Crippen molar-refractivity contribution < 1.29 is 23.7 Å². The van der Waals surface area contributed by atoms with E-state index in [1.165, 1.54) is 0 Å². The van der Waals surface area contributed by atoms with Crippen LogP contribution < -0.4 is 24.3 Å². The Labute approximate surface area is 230 Å². The smallest absolute Gasteiger partial charge is 0.242 e. The lowest BCUT2D eigenvalue weighted by Crippen LogP contribution is -2.43. The zero-order valence-corrected chi connectivity index (χ0v) is 22.9. The number of hydrogen-bond acceptors (Lipinski definition) is 7. The van der Waals surface area contributed by atoms with Crippen LogP contribution in [0.4, 0.5) is 0 Å². The number of nitrogens with one attached hydrogen (secondary N) is 1. The van der Waals surface area contributed by atoms with Crippen LogP contribution in [0.3, 0.4) is 0 Å². The van der Waals surface area contributed by atoms with Crippen molar-refractivity contribution in [3.05, 3.63) is 82.9 Å². The number of carbonyl (C=O) groups excluding carboxylic acids is 1. The number of ether oxygens (including phenoxy) is 4. The van der Waals surface area contributed by atoms with Crippen molar-refractivity contribution in [2.75, 3.05) is 41.5 Å². The fourth-order valence-electron chi connectivity index (χ4n) is 5.37. The van der Waals surface area contributed by atoms with Crippen LogP contribution in [0.15, 0.2) is 60.7 Å². The molecule has 1 aliphatic rings. The molecule has 2 atom stereocenters. The van der Waals surface area contributed by atoms with Crippen molar-refractivity contribution >= 4 is 5.91 Å². The minimum absolute atomic E-state index is 0.0576. The number of fused-ring (bicyclic) bond motifs is 1. The molecule has 2 unspecified atom stereocenters. The second-order valence-electron chi connectivity index (χ2n) is 9.35. The fraction of sp³-hybridized carbons (Fsp3) is 0.355. The molecule has 4 rings (SSSR count). The molecule has 3 aromatic carbocycles. The third-order valence-electron chi connectivity index (χ3n) is 7.18. The van der Waals surface area contributed by atoms with Gasteiger partial charge in [0.1, 0.15) is 12.6 Å². The Balaban J connectivity index is 1.88. The molecule has 0 radical (unpaired) electrons. The van der Waals surface area contributed by atoms with Gasteiger partial charge in [-0.1, -0.05) is 36.4 Å². The van der Waals surface area contributed by atoms with Gasteiger partial charge in [0.2, 0.25) is 5.91 Å². The summed E-state index contributed by atoms with van der Waals surface area (Å²) < 4.78 is 22.3. The Morgan fingerprint density at radius 3 is 2.28 bits per heavy atom. The first-order valence-electron chi connectivity index (χ1n) is 13.0. The molecule has 0 fully saturated rings. The van der Waals surface area contributed by atoms with Crippen molar-refractivity contribution in [1.29, 1.82) is 5.26 Å². The minimum Gasteiger partial charge on any atom is -0.493 e. The summed E-state index contributed by atoms with van der Waals surface area (Å²) in [5.41, 5.74) is 4.14. The maximum absolute atomic E-state index is 13.6. The van der Waals surface area contributed by atoms with Gasteiger partial charge in [0.25, 0.3) is 0 Å². The molecular weight excluding hydrogens is 494 g/mol. The molecular formula is C31H35N3O5. The monoisotopic (exact) mass is 529 g/mol. The number of rotatable bonds is 10. The van der Waals surface area contributed by atoms with Gasteiger partial charge < -0.3 is 24.3 Å². The van der Waals surface area contributed by atoms with Gasteiger partial charge >= 0.3 is 0 Å². The molecule has 0 saturated carbocycles. The quantitative estimate of drug-likeness (QED) is 0.383. The molecule has 1 heterocycles. The summed E-state index contributed by atoms with van der Waals surface area (Å²) in [5, 5.41) is 12.0. The van der Waals surface area contributed by atoms with Gasteiger partial charge in [0, 0.05) is 12.6 Å². The third-order valence-corrected chi connectivity index (χ3v) is 7.18. The second-order valence-corrected chi connectivity index (χ2v) is 9.35. The van der Waals surface area contributed by atoms with Gasteiger partial charge in [-0.05, 0) is 65.8 Å². The molecule has 39 heavy (non-hydrogen) atoms. The van der Waals surface area contributed by atoms with Crippen LogP contribution in [0, 0.1) is 11.3 Å². The lowest BCUT2D eigenvalue weighted by atomic mass is 9.91. The highest BCUT2D eigenvalue weighted by Gasteiger charge is 2.36. The predicted octanol–water partition coefficient (Wildman–Crippen LogP) is 4.63. The molecule has 3 aromatic rings. The van der Waals surface area contributed by atoms with Crippen LogP contribution in [0.5, 0.6) is 23.0 Å². The normalized spacial score (nSPS) is 15.7. The Morgan fingerprint density at radius 2 is 1.62 bits per heavy atom. The molecule has 1 N–H and O–H groups in total. The maximum atomic E-state index is 13.6. The first kappa shape index (κ1) is 27.8. The van der Waals surface area contributed by atoms with E-state index < -0.39 is 6.04 Å². The largest absolute Gasteiger partial charge is 0.493 e. The summed E-state index contributed by atoms with van der Waals surface area (Å²) in [7, 11) is 6.51. The Bertz CT molecular complexity index is 1320. The summed E-state index contributed by atoms with van der Waals surface area (Å²) in [6, 6.07) is 21.0. The number of amides is 1. The van der Waals surface area contributed by atoms with Crippen LogP contribution in [-0.2, 0) is 17.6 Å². The highest BCUT2D eigenvalue weighted by Crippen LogP contribution is 2.42. The Hall–Kier alpha value is -4.22. The van der Waals surface area contributed by atoms with E-state index in [9.17, 15) is 10.1 Å². The number of aryl methyl sites for hydroxylation is 1. The van der Waals surface area contributed by atoms with Gasteiger partial charge in [-0.2, -0.15) is 5.26 Å². The highest BCUT2D eigenvalue weighted by atomic mass is 16.5. The van der Waals surface area contributed by atoms with Crippen LogP contribution in [0.2, 0.25) is 0 Å². The number of benzene rings is 3. The molecule has 0 aliphatic carbocycles. The van der Waals surface area contributed by atoms with E-state index in [1.807, 2.05) is 66.7 Å². The summed E-state index contributed by atoms with van der Waals surface area (Å²) in [4.78, 5) is 15.9. The molecule has 1 amide bonds. The van der Waals surface area contributed by atoms with E-state index in [0.29, 0.717) is 36.0 Å². The van der Waals surface area contributed by atoms with E-state index in [0.717, 1.165) is 35.1 Å². The van der Waals surface area contributed by atoms with Crippen molar-refractivity contribution in [2.45, 2.75) is 31.3 Å². The lowest BCUT2D eigenvalue weighted by Gasteiger charge is -2.37. The van der Waals surface area contributed by atoms with E-state index in [4.69, 9.17) is 18.9 Å². The lowest BCUT2D eigenvalue weighted by molar-refractivity contribution is -0.127. The Morgan fingerprint density at radius 1 is 0.949 bits per heavy atom. The molecule has 0 aromatic heterocycles. The average molecular weight is 530 g/mol. The van der Waals surface area contributed by atoms with Crippen molar-refractivity contribution in [3.8, 4) is 29.1 Å². The summed E-state index contributed by atoms with van der Waals surface area (Å²) in [6.45, 7) is 0.620. The molecule has 1 aliphatic heterocycles. The summed E-state index contributed by atoms with van der Waals surface area (Å²) in [5.74, 6) is 2.42. The van der Waals surface area contributed by atoms with Crippen LogP contribution in [-0.4, -0.2) is 52.3 Å². The van der Waals surface area contributed by atoms with E-state index in [1.54, 1.807) is 28.4 Å². The van der Waals surface area contributed by atoms with Crippen molar-refractivity contribution in [3.63, 3.8) is 0 Å². The van der Waals surface area contributed by atoms with Crippen molar-refractivity contribution in [2.24, 2.45) is 0 Å². The van der Waals surface area contributed by atoms with E-state index in [2.05, 4.69) is 10.2 Å². The van der Waals surface area contributed by atoms with E-state index >= 15 is 0 Å². The van der Waals surface area contributed by atoms with Crippen LogP contribution in [0.25, 0.3) is 0 Å². The number of carbonyl (C=O) groups is 1. The number of nitrogens with zero attached hydrogens (tertiary/aromatic N) is 2. The second kappa shape index (κ2) is 13.0. The first-order chi connectivity index (χ1) is 19.0. The number of methoxy groups -OCH3 is 4. The van der Waals surface area contributed by atoms with E-state index in [-0.39, 0.29) is 18.5 Å². The van der Waals surface area contributed by atoms with Crippen molar-refractivity contribution in [1.82, 2.24) is 10.2 Å². The molecule has 8 nitrogen and oxygen atoms in total. The first-order valence-corrected chi connectivity index (χ1v) is 13.0. The minimum atomic E-state index is -0.594. The van der Waals surface area contributed by atoms with Gasteiger partial charge in [0.05, 0.1) is 34.5 Å². The Kier molecular flexibility index (Phi) is 9.29. The third kappa shape index (κ3) is 6.10. The zero-order chi connectivity index (χ0) is 27.8. The molecule has 0 spiro atoms. The van der Waals surface area contributed by atoms with Gasteiger partial charge in [-0.3, -0.25) is 9.69 Å². The fourth-order valence-corrected chi connectivity index (χ4v) is 5.37. The number of hydrogen-bond donors (Lipinski definition) is 1. The predicted molar refractivity (Wildman–Crippen MR) is 148 cm³/mol. The maximum Gasteiger partial charge on any atom is 0.242 e. The molecule has 0 saturated heterocycles. The number of nitriles is 1.